The number of allylic oxidation sites excluding steroid dienone is 2. The number of fused-ring (bicyclic) bond motifs is 7. The Labute approximate surface area is 458 Å². The fourth-order valence-corrected chi connectivity index (χ4v) is 16.6. The van der Waals surface area contributed by atoms with Gasteiger partial charge in [0, 0.05) is 5.41 Å². The SMILES string of the molecule is CC1(C)CC[C@]2(CO[C@@H]3O[C@H](CO)[C@@H](O)[C@H](O)[C@H]3O)CC[C@]3(C)C(=CC[C@@H]4[C@@]5(C)C[C@H](O)[C@H](O[C@@H]6O[C@H](CO)[C@@H](O)[C@H](O)[C@H]6O[C@@H]6O[C@H](CO)[C@@H](O)[C@H](O)[C@H]6O[C@@H]6O[C@H](CO)[C@@H](O)[C@H](O)[C@H]6O)[C@@](C)(C(=O)O)[C@@H]5CC[C@]43C)[C@@H]2C1. The summed E-state index contributed by atoms with van der Waals surface area (Å²) in [5.41, 5.74) is -2.71. The Morgan fingerprint density at radius 2 is 1.01 bits per heavy atom. The van der Waals surface area contributed by atoms with Crippen LogP contribution in [-0.4, -0.2) is 256 Å². The highest BCUT2D eigenvalue weighted by atomic mass is 16.8. The maximum Gasteiger partial charge on any atom is 0.312 e. The quantitative estimate of drug-likeness (QED) is 0.0592. The first-order valence-corrected chi connectivity index (χ1v) is 28.1. The van der Waals surface area contributed by atoms with Gasteiger partial charge in [-0.3, -0.25) is 4.79 Å². The molecule has 16 N–H and O–H groups in total. The van der Waals surface area contributed by atoms with Crippen molar-refractivity contribution in [2.75, 3.05) is 33.0 Å². The van der Waals surface area contributed by atoms with Crippen molar-refractivity contribution in [1.82, 2.24) is 0 Å². The highest BCUT2D eigenvalue weighted by molar-refractivity contribution is 5.76. The summed E-state index contributed by atoms with van der Waals surface area (Å²) in [5.74, 6) is -2.10. The van der Waals surface area contributed by atoms with Gasteiger partial charge in [0.2, 0.25) is 0 Å². The van der Waals surface area contributed by atoms with Gasteiger partial charge in [-0.05, 0) is 104 Å². The summed E-state index contributed by atoms with van der Waals surface area (Å²) < 4.78 is 48.1. The smallest absolute Gasteiger partial charge is 0.312 e. The molecule has 25 heteroatoms. The number of aliphatic carboxylic acids is 1. The van der Waals surface area contributed by atoms with Crippen LogP contribution in [0.25, 0.3) is 0 Å². The average molecular weight is 1140 g/mol. The molecular weight excluding hydrogens is 1050 g/mol. The molecule has 0 unspecified atom stereocenters. The van der Waals surface area contributed by atoms with Crippen LogP contribution in [-0.2, 0) is 42.7 Å². The van der Waals surface area contributed by atoms with Gasteiger partial charge in [0.15, 0.2) is 25.2 Å². The van der Waals surface area contributed by atoms with Gasteiger partial charge in [0.05, 0.1) is 44.6 Å². The Kier molecular flexibility index (Phi) is 17.7. The summed E-state index contributed by atoms with van der Waals surface area (Å²) in [5, 5.41) is 173. The van der Waals surface area contributed by atoms with Gasteiger partial charge in [0.25, 0.3) is 0 Å². The van der Waals surface area contributed by atoms with E-state index >= 15 is 0 Å². The van der Waals surface area contributed by atoms with Gasteiger partial charge in [-0.15, -0.1) is 0 Å². The first-order valence-electron chi connectivity index (χ1n) is 28.1. The van der Waals surface area contributed by atoms with Gasteiger partial charge >= 0.3 is 5.97 Å². The number of carboxylic acid groups (broad SMARTS) is 1. The minimum atomic E-state index is -2.05. The molecule has 0 bridgehead atoms. The Balaban J connectivity index is 0.997. The second-order valence-electron chi connectivity index (χ2n) is 26.3. The molecule has 5 aliphatic carbocycles. The van der Waals surface area contributed by atoms with Crippen LogP contribution in [0.2, 0.25) is 0 Å². The molecule has 9 aliphatic rings. The molecule has 454 valence electrons. The summed E-state index contributed by atoms with van der Waals surface area (Å²) in [4.78, 5) is 14.2. The fourth-order valence-electron chi connectivity index (χ4n) is 16.6. The Bertz CT molecular complexity index is 2170. The number of hydrogen-bond acceptors (Lipinski definition) is 24. The van der Waals surface area contributed by atoms with E-state index in [0.29, 0.717) is 19.3 Å². The molecule has 4 saturated heterocycles. The normalized spacial score (nSPS) is 54.6. The lowest BCUT2D eigenvalue weighted by molar-refractivity contribution is -0.400. The lowest BCUT2D eigenvalue weighted by Gasteiger charge is -2.71. The Hall–Kier alpha value is -1.71. The zero-order valence-electron chi connectivity index (χ0n) is 45.7. The average Bonchev–Trinajstić information content (AvgIpc) is 3.47. The summed E-state index contributed by atoms with van der Waals surface area (Å²) in [6, 6.07) is 0. The molecule has 30 atom stereocenters. The standard InChI is InChI=1S/C54H88O25/c1-49(2)11-13-54(21-72-44-39(68)35(64)31(60)25(17-55)73-44)14-12-51(4)22(23(54)15-49)7-8-29-50(3)16-24(59)43(53(6,48(70)71)30(50)9-10-52(29,51)5)79-47-42(38(67)34(63)28(20-58)76-47)78-46-41(37(66)33(62)27(19-57)75-46)77-45-40(69)36(65)32(61)26(18-56)74-45/h7,23-47,55-69H,8-21H2,1-6H3,(H,70,71)/t23-,24-,25+,26+,27+,28+,29+,30+,31+,32+,33+,34+,35-,36-,37-,38-,39+,40+,41+,42+,43-,44+,45-,46-,47-,50+,51+,52+,53-,54+/m0/s1. The fraction of sp³-hybridized carbons (Fsp3) is 0.944. The van der Waals surface area contributed by atoms with E-state index in [2.05, 4.69) is 33.8 Å². The lowest BCUT2D eigenvalue weighted by Crippen LogP contribution is -2.71. The second kappa shape index (κ2) is 22.6. The molecular formula is C54H88O25. The van der Waals surface area contributed by atoms with Crippen LogP contribution < -0.4 is 0 Å². The molecule has 4 saturated carbocycles. The van der Waals surface area contributed by atoms with Crippen molar-refractivity contribution in [3.05, 3.63) is 11.6 Å². The minimum absolute atomic E-state index is 0.0286. The van der Waals surface area contributed by atoms with Crippen LogP contribution in [0.4, 0.5) is 0 Å². The van der Waals surface area contributed by atoms with Crippen molar-refractivity contribution in [3.63, 3.8) is 0 Å². The van der Waals surface area contributed by atoms with Crippen molar-refractivity contribution in [2.45, 2.75) is 234 Å². The summed E-state index contributed by atoms with van der Waals surface area (Å²) in [6.45, 7) is 9.59. The van der Waals surface area contributed by atoms with Crippen LogP contribution in [0.15, 0.2) is 11.6 Å². The van der Waals surface area contributed by atoms with E-state index in [9.17, 15) is 86.5 Å². The molecule has 0 radical (unpaired) electrons. The highest BCUT2D eigenvalue weighted by Gasteiger charge is 2.72. The molecule has 0 amide bonds. The van der Waals surface area contributed by atoms with E-state index in [0.717, 1.165) is 32.1 Å². The van der Waals surface area contributed by atoms with Crippen LogP contribution in [0.5, 0.6) is 0 Å². The van der Waals surface area contributed by atoms with Gasteiger partial charge in [-0.1, -0.05) is 46.3 Å². The van der Waals surface area contributed by atoms with Crippen LogP contribution in [0, 0.1) is 50.2 Å². The summed E-state index contributed by atoms with van der Waals surface area (Å²) in [6.07, 6.45) is -30.3. The largest absolute Gasteiger partial charge is 0.481 e. The van der Waals surface area contributed by atoms with E-state index in [1.54, 1.807) is 0 Å². The van der Waals surface area contributed by atoms with E-state index in [-0.39, 0.29) is 35.7 Å². The lowest BCUT2D eigenvalue weighted by atomic mass is 9.33. The molecule has 8 fully saturated rings. The van der Waals surface area contributed by atoms with E-state index in [1.807, 2.05) is 6.92 Å². The number of carboxylic acids is 1. The van der Waals surface area contributed by atoms with Crippen molar-refractivity contribution >= 4 is 5.97 Å². The molecule has 4 aliphatic heterocycles. The van der Waals surface area contributed by atoms with Crippen LogP contribution in [0.3, 0.4) is 0 Å². The predicted octanol–water partition coefficient (Wildman–Crippen LogP) is -3.53. The number of aliphatic hydroxyl groups is 15. The van der Waals surface area contributed by atoms with E-state index in [1.165, 1.54) is 12.5 Å². The van der Waals surface area contributed by atoms with E-state index < -0.39 is 195 Å². The van der Waals surface area contributed by atoms with Gasteiger partial charge < -0.3 is 120 Å². The van der Waals surface area contributed by atoms with Crippen molar-refractivity contribution in [1.29, 1.82) is 0 Å². The first-order chi connectivity index (χ1) is 37.0. The Morgan fingerprint density at radius 3 is 1.54 bits per heavy atom. The van der Waals surface area contributed by atoms with Gasteiger partial charge in [-0.25, -0.2) is 0 Å². The topological polar surface area (TPSA) is 415 Å². The number of hydrogen-bond donors (Lipinski definition) is 16. The summed E-state index contributed by atoms with van der Waals surface area (Å²) >= 11 is 0. The number of rotatable bonds is 14. The third-order valence-corrected chi connectivity index (χ3v) is 21.6. The van der Waals surface area contributed by atoms with Crippen LogP contribution in [0.1, 0.15) is 99.3 Å². The minimum Gasteiger partial charge on any atom is -0.481 e. The zero-order valence-corrected chi connectivity index (χ0v) is 45.7. The Morgan fingerprint density at radius 1 is 0.544 bits per heavy atom. The number of carbonyl (C=O) groups is 1. The third-order valence-electron chi connectivity index (χ3n) is 21.6. The molecule has 0 aromatic carbocycles. The van der Waals surface area contributed by atoms with Gasteiger partial charge in [0.1, 0.15) is 104 Å². The molecule has 0 aromatic heterocycles. The van der Waals surface area contributed by atoms with E-state index in [4.69, 9.17) is 37.9 Å². The number of aliphatic hydroxyl groups excluding tert-OH is 15. The maximum absolute atomic E-state index is 14.2. The van der Waals surface area contributed by atoms with Crippen LogP contribution >= 0.6 is 0 Å². The molecule has 79 heavy (non-hydrogen) atoms. The third kappa shape index (κ3) is 10.1. The monoisotopic (exact) mass is 1140 g/mol. The molecule has 25 nitrogen and oxygen atoms in total. The first kappa shape index (κ1) is 61.8. The van der Waals surface area contributed by atoms with Crippen molar-refractivity contribution < 1.29 is 124 Å². The molecule has 0 spiro atoms. The maximum atomic E-state index is 14.2. The van der Waals surface area contributed by atoms with Crippen molar-refractivity contribution in [3.8, 4) is 0 Å². The van der Waals surface area contributed by atoms with Gasteiger partial charge in [-0.2, -0.15) is 0 Å². The molecule has 4 heterocycles. The highest BCUT2D eigenvalue weighted by Crippen LogP contribution is 2.76. The predicted molar refractivity (Wildman–Crippen MR) is 266 cm³/mol. The second-order valence-corrected chi connectivity index (χ2v) is 26.3. The summed E-state index contributed by atoms with van der Waals surface area (Å²) in [7, 11) is 0. The van der Waals surface area contributed by atoms with Crippen molar-refractivity contribution in [2.24, 2.45) is 50.2 Å². The molecule has 9 rings (SSSR count). The number of ether oxygens (including phenoxy) is 8. The molecule has 0 aromatic rings. The zero-order chi connectivity index (χ0) is 57.9.